The third kappa shape index (κ3) is 7.36. The highest BCUT2D eigenvalue weighted by Gasteiger charge is 2.37. The lowest BCUT2D eigenvalue weighted by molar-refractivity contribution is -0.383. The molecule has 3 aliphatic heterocycles. The first-order chi connectivity index (χ1) is 30.2. The number of fused-ring (bicyclic) bond motifs is 1. The Hall–Kier alpha value is -7.53. The molecular weight excluding hydrogens is 801 g/mol. The van der Waals surface area contributed by atoms with Crippen molar-refractivity contribution in [3.05, 3.63) is 141 Å². The number of hydrogen-bond acceptors (Lipinski definition) is 12. The smallest absolute Gasteiger partial charge is 0.277 e. The fraction of sp³-hybridized carbons (Fsp3) is 0.196. The predicted molar refractivity (Wildman–Crippen MR) is 225 cm³/mol. The number of anilines is 3. The molecule has 0 aliphatic carbocycles. The van der Waals surface area contributed by atoms with Crippen LogP contribution in [0.1, 0.15) is 47.0 Å². The molecule has 0 saturated heterocycles. The summed E-state index contributed by atoms with van der Waals surface area (Å²) in [6.07, 6.45) is -0.0831. The van der Waals surface area contributed by atoms with Gasteiger partial charge in [-0.15, -0.1) is 0 Å². The van der Waals surface area contributed by atoms with Crippen molar-refractivity contribution in [2.75, 3.05) is 68.0 Å². The second-order valence-corrected chi connectivity index (χ2v) is 14.5. The van der Waals surface area contributed by atoms with Gasteiger partial charge in [-0.05, 0) is 66.2 Å². The Bertz CT molecular complexity index is 2800. The highest BCUT2D eigenvalue weighted by atomic mass is 16.6. The van der Waals surface area contributed by atoms with E-state index in [1.54, 1.807) is 72.8 Å². The monoisotopic (exact) mass is 836 g/mol. The number of nitro benzene ring substituents is 1. The molecule has 1 N–H and O–H groups in total. The largest absolute Gasteiger partial charge is 0.487 e. The number of nitro groups is 1. The molecule has 0 atom stereocenters. The Balaban J connectivity index is 0.915. The van der Waals surface area contributed by atoms with E-state index >= 15 is 0 Å². The Kier molecular flexibility index (Phi) is 10.8. The van der Waals surface area contributed by atoms with Gasteiger partial charge in [0.1, 0.15) is 13.2 Å². The van der Waals surface area contributed by atoms with Crippen molar-refractivity contribution in [1.82, 2.24) is 0 Å². The maximum absolute atomic E-state index is 14.1. The SMILES string of the molecule is O=C(Cc1ccc(N2C(=O)c3cccc4c([N+](=O)[O-])ccc(c34)C2=O)cc1)Nc1ccc2c3c(cccc13)C(=O)N(c1ccc3c(c1)OCCOCCOCCOCCO3)C2=O. The summed E-state index contributed by atoms with van der Waals surface area (Å²) < 4.78 is 28.5. The van der Waals surface area contributed by atoms with Gasteiger partial charge in [0.05, 0.1) is 67.7 Å². The third-order valence-electron chi connectivity index (χ3n) is 10.7. The molecule has 0 bridgehead atoms. The van der Waals surface area contributed by atoms with E-state index in [-0.39, 0.29) is 76.3 Å². The lowest BCUT2D eigenvalue weighted by atomic mass is 9.92. The highest BCUT2D eigenvalue weighted by molar-refractivity contribution is 6.37. The maximum Gasteiger partial charge on any atom is 0.277 e. The minimum atomic E-state index is -0.626. The van der Waals surface area contributed by atoms with Gasteiger partial charge in [-0.2, -0.15) is 0 Å². The van der Waals surface area contributed by atoms with Crippen LogP contribution in [-0.2, 0) is 25.4 Å². The fourth-order valence-electron chi connectivity index (χ4n) is 7.89. The highest BCUT2D eigenvalue weighted by Crippen LogP contribution is 2.40. The van der Waals surface area contributed by atoms with Crippen LogP contribution in [0.4, 0.5) is 22.7 Å². The van der Waals surface area contributed by atoms with Crippen LogP contribution in [0.15, 0.2) is 103 Å². The van der Waals surface area contributed by atoms with Crippen LogP contribution in [0.25, 0.3) is 21.5 Å². The van der Waals surface area contributed by atoms with Crippen molar-refractivity contribution in [3.63, 3.8) is 0 Å². The molecule has 16 nitrogen and oxygen atoms in total. The summed E-state index contributed by atoms with van der Waals surface area (Å²) in [7, 11) is 0. The number of hydrogen-bond donors (Lipinski definition) is 1. The molecule has 16 heteroatoms. The molecule has 6 aromatic carbocycles. The van der Waals surface area contributed by atoms with Gasteiger partial charge in [0.2, 0.25) is 5.91 Å². The van der Waals surface area contributed by atoms with Crippen LogP contribution in [0, 0.1) is 10.1 Å². The van der Waals surface area contributed by atoms with Gasteiger partial charge in [-0.3, -0.25) is 34.1 Å². The molecule has 0 radical (unpaired) electrons. The molecule has 0 aromatic heterocycles. The number of amides is 5. The summed E-state index contributed by atoms with van der Waals surface area (Å²) >= 11 is 0. The zero-order chi connectivity index (χ0) is 42.9. The molecule has 0 fully saturated rings. The Morgan fingerprint density at radius 2 is 1.06 bits per heavy atom. The summed E-state index contributed by atoms with van der Waals surface area (Å²) in [5.41, 5.74) is 2.16. The first-order valence-corrected chi connectivity index (χ1v) is 19.7. The standard InChI is InChI=1S/C46H36N4O12/c51-40(25-27-7-9-28(10-8-27)48-43(52)33-6-2-4-31-37(50(56)57)15-13-35(42(31)33)45(48)54)47-36-14-12-34-41-30(36)3-1-5-32(41)44(53)49(46(34)55)29-11-16-38-39(26-29)62-24-22-60-20-18-58-17-19-59-21-23-61-38/h1-16,26H,17-25H2,(H,47,51). The quantitative estimate of drug-likeness (QED) is 0.109. The number of imide groups is 2. The van der Waals surface area contributed by atoms with E-state index in [0.717, 1.165) is 9.80 Å². The fourth-order valence-corrected chi connectivity index (χ4v) is 7.89. The van der Waals surface area contributed by atoms with Crippen LogP contribution < -0.4 is 24.6 Å². The van der Waals surface area contributed by atoms with Gasteiger partial charge in [-0.25, -0.2) is 9.80 Å². The molecular formula is C46H36N4O12. The lowest BCUT2D eigenvalue weighted by Gasteiger charge is -2.28. The Labute approximate surface area is 352 Å². The van der Waals surface area contributed by atoms with E-state index in [1.807, 2.05) is 0 Å². The van der Waals surface area contributed by atoms with Crippen molar-refractivity contribution in [3.8, 4) is 11.5 Å². The first-order valence-electron chi connectivity index (χ1n) is 19.7. The van der Waals surface area contributed by atoms with Crippen molar-refractivity contribution < 1.29 is 52.6 Å². The first kappa shape index (κ1) is 39.9. The van der Waals surface area contributed by atoms with Crippen molar-refractivity contribution in [2.24, 2.45) is 0 Å². The summed E-state index contributed by atoms with van der Waals surface area (Å²) in [5.74, 6) is -2.03. The van der Waals surface area contributed by atoms with E-state index in [9.17, 15) is 34.1 Å². The van der Waals surface area contributed by atoms with Crippen molar-refractivity contribution >= 4 is 73.8 Å². The minimum absolute atomic E-state index is 0.0831. The van der Waals surface area contributed by atoms with Gasteiger partial charge in [-0.1, -0.05) is 30.3 Å². The van der Waals surface area contributed by atoms with Crippen LogP contribution in [0.5, 0.6) is 11.5 Å². The predicted octanol–water partition coefficient (Wildman–Crippen LogP) is 6.50. The zero-order valence-corrected chi connectivity index (χ0v) is 32.9. The molecule has 3 aliphatic rings. The number of non-ortho nitro benzene ring substituents is 1. The molecule has 0 unspecified atom stereocenters. The summed E-state index contributed by atoms with van der Waals surface area (Å²) in [6, 6.07) is 26.6. The average Bonchev–Trinajstić information content (AvgIpc) is 3.28. The number of carbonyl (C=O) groups excluding carboxylic acids is 5. The normalized spacial score (nSPS) is 15.9. The third-order valence-corrected chi connectivity index (χ3v) is 10.7. The number of benzene rings is 6. The summed E-state index contributed by atoms with van der Waals surface area (Å²) in [4.78, 5) is 82.1. The van der Waals surface area contributed by atoms with Crippen LogP contribution in [-0.4, -0.2) is 87.3 Å². The average molecular weight is 837 g/mol. The molecule has 9 rings (SSSR count). The van der Waals surface area contributed by atoms with Crippen molar-refractivity contribution in [2.45, 2.75) is 6.42 Å². The summed E-state index contributed by atoms with van der Waals surface area (Å²) in [5, 5.41) is 15.9. The van der Waals surface area contributed by atoms with E-state index in [4.69, 9.17) is 23.7 Å². The molecule has 0 saturated carbocycles. The van der Waals surface area contributed by atoms with Crippen LogP contribution in [0.3, 0.4) is 0 Å². The van der Waals surface area contributed by atoms with Gasteiger partial charge in [0.15, 0.2) is 11.5 Å². The molecule has 0 spiro atoms. The van der Waals surface area contributed by atoms with Gasteiger partial charge in [0.25, 0.3) is 29.3 Å². The second-order valence-electron chi connectivity index (χ2n) is 14.5. The zero-order valence-electron chi connectivity index (χ0n) is 32.9. The molecule has 62 heavy (non-hydrogen) atoms. The topological polar surface area (TPSA) is 193 Å². The van der Waals surface area contributed by atoms with E-state index in [1.165, 1.54) is 30.3 Å². The molecule has 3 heterocycles. The number of ether oxygens (including phenoxy) is 5. The van der Waals surface area contributed by atoms with Crippen LogP contribution >= 0.6 is 0 Å². The summed E-state index contributed by atoms with van der Waals surface area (Å²) in [6.45, 7) is 2.67. The van der Waals surface area contributed by atoms with Gasteiger partial charge < -0.3 is 29.0 Å². The lowest BCUT2D eigenvalue weighted by Crippen LogP contribution is -2.40. The Morgan fingerprint density at radius 1 is 0.565 bits per heavy atom. The Morgan fingerprint density at radius 3 is 1.68 bits per heavy atom. The maximum atomic E-state index is 14.1. The minimum Gasteiger partial charge on any atom is -0.487 e. The molecule has 5 amide bonds. The van der Waals surface area contributed by atoms with Gasteiger partial charge >= 0.3 is 0 Å². The number of carbonyl (C=O) groups is 5. The van der Waals surface area contributed by atoms with E-state index in [0.29, 0.717) is 66.6 Å². The number of nitrogens with one attached hydrogen (secondary N) is 1. The molecule has 6 aromatic rings. The molecule has 312 valence electrons. The van der Waals surface area contributed by atoms with Crippen molar-refractivity contribution in [1.29, 1.82) is 0 Å². The van der Waals surface area contributed by atoms with E-state index in [2.05, 4.69) is 5.32 Å². The van der Waals surface area contributed by atoms with Crippen LogP contribution in [0.2, 0.25) is 0 Å². The van der Waals surface area contributed by atoms with E-state index < -0.39 is 34.5 Å². The number of nitrogens with zero attached hydrogens (tertiary/aromatic N) is 3. The second kappa shape index (κ2) is 16.8. The number of rotatable bonds is 6. The van der Waals surface area contributed by atoms with Gasteiger partial charge in [0, 0.05) is 56.2 Å².